The Morgan fingerprint density at radius 2 is 1.68 bits per heavy atom. The molecule has 144 valence electrons. The maximum Gasteiger partial charge on any atom is 0.326 e. The fourth-order valence-electron chi connectivity index (χ4n) is 2.78. The number of carbonyl (C=O) groups excluding carboxylic acids is 4. The van der Waals surface area contributed by atoms with E-state index in [1.165, 1.54) is 19.1 Å². The number of carbonyl (C=O) groups is 4. The Morgan fingerprint density at radius 3 is 2.29 bits per heavy atom. The fraction of sp³-hybridized carbons (Fsp3) is 0.200. The van der Waals surface area contributed by atoms with E-state index in [4.69, 9.17) is 16.3 Å². The van der Waals surface area contributed by atoms with E-state index in [9.17, 15) is 19.2 Å². The fourth-order valence-corrected chi connectivity index (χ4v) is 2.95. The third-order valence-electron chi connectivity index (χ3n) is 4.37. The van der Waals surface area contributed by atoms with Gasteiger partial charge in [-0.05, 0) is 43.7 Å². The Bertz CT molecular complexity index is 953. The van der Waals surface area contributed by atoms with Crippen molar-refractivity contribution in [2.45, 2.75) is 20.0 Å². The van der Waals surface area contributed by atoms with Crippen LogP contribution < -0.4 is 5.32 Å². The van der Waals surface area contributed by atoms with Crippen molar-refractivity contribution in [3.8, 4) is 0 Å². The highest BCUT2D eigenvalue weighted by Crippen LogP contribution is 2.24. The number of nitrogens with zero attached hydrogens (tertiary/aromatic N) is 1. The first-order chi connectivity index (χ1) is 13.3. The van der Waals surface area contributed by atoms with Crippen molar-refractivity contribution in [2.75, 3.05) is 11.9 Å². The van der Waals surface area contributed by atoms with Gasteiger partial charge >= 0.3 is 5.97 Å². The topological polar surface area (TPSA) is 92.8 Å². The molecule has 0 fully saturated rings. The van der Waals surface area contributed by atoms with Crippen LogP contribution in [0.3, 0.4) is 0 Å². The second kappa shape index (κ2) is 7.82. The highest BCUT2D eigenvalue weighted by molar-refractivity contribution is 6.31. The van der Waals surface area contributed by atoms with Crippen molar-refractivity contribution < 1.29 is 23.9 Å². The highest BCUT2D eigenvalue weighted by Gasteiger charge is 2.37. The number of rotatable bonds is 5. The van der Waals surface area contributed by atoms with E-state index in [1.807, 2.05) is 0 Å². The second-order valence-electron chi connectivity index (χ2n) is 6.28. The molecule has 0 aromatic heterocycles. The van der Waals surface area contributed by atoms with Crippen molar-refractivity contribution >= 4 is 41.0 Å². The molecule has 0 bridgehead atoms. The Balaban J connectivity index is 1.60. The number of fused-ring (bicyclic) bond motifs is 1. The molecule has 0 radical (unpaired) electrons. The summed E-state index contributed by atoms with van der Waals surface area (Å²) in [5.74, 6) is -2.55. The van der Waals surface area contributed by atoms with Gasteiger partial charge in [0.25, 0.3) is 17.7 Å². The van der Waals surface area contributed by atoms with Crippen LogP contribution in [0.2, 0.25) is 5.02 Å². The molecular weight excluding hydrogens is 384 g/mol. The maximum atomic E-state index is 12.3. The van der Waals surface area contributed by atoms with Gasteiger partial charge in [-0.3, -0.25) is 24.1 Å². The Hall–Kier alpha value is -3.19. The normalized spacial score (nSPS) is 13.9. The third kappa shape index (κ3) is 3.75. The van der Waals surface area contributed by atoms with E-state index in [1.54, 1.807) is 37.3 Å². The minimum absolute atomic E-state index is 0.238. The van der Waals surface area contributed by atoms with E-state index in [0.29, 0.717) is 16.3 Å². The largest absolute Gasteiger partial charge is 0.451 e. The summed E-state index contributed by atoms with van der Waals surface area (Å²) in [6.45, 7) is 2.58. The number of hydrogen-bond donors (Lipinski definition) is 1. The summed E-state index contributed by atoms with van der Waals surface area (Å²) in [5.41, 5.74) is 1.66. The van der Waals surface area contributed by atoms with Crippen molar-refractivity contribution in [3.63, 3.8) is 0 Å². The van der Waals surface area contributed by atoms with Crippen LogP contribution in [0, 0.1) is 6.92 Å². The first kappa shape index (κ1) is 19.6. The summed E-state index contributed by atoms with van der Waals surface area (Å²) < 4.78 is 5.08. The molecule has 28 heavy (non-hydrogen) atoms. The zero-order valence-electron chi connectivity index (χ0n) is 15.2. The molecule has 3 rings (SSSR count). The van der Waals surface area contributed by atoms with Gasteiger partial charge in [-0.15, -0.1) is 0 Å². The third-order valence-corrected chi connectivity index (χ3v) is 4.78. The first-order valence-corrected chi connectivity index (χ1v) is 8.88. The van der Waals surface area contributed by atoms with Gasteiger partial charge in [-0.2, -0.15) is 0 Å². The molecule has 1 N–H and O–H groups in total. The summed E-state index contributed by atoms with van der Waals surface area (Å²) in [5, 5.41) is 3.13. The number of imide groups is 1. The zero-order chi connectivity index (χ0) is 20.4. The molecule has 7 nitrogen and oxygen atoms in total. The molecule has 0 saturated carbocycles. The number of ether oxygens (including phenoxy) is 1. The molecule has 8 heteroatoms. The Kier molecular flexibility index (Phi) is 5.46. The summed E-state index contributed by atoms with van der Waals surface area (Å²) in [6, 6.07) is 11.4. The van der Waals surface area contributed by atoms with Crippen LogP contribution in [0.25, 0.3) is 0 Å². The molecule has 0 saturated heterocycles. The molecule has 0 spiro atoms. The van der Waals surface area contributed by atoms with Gasteiger partial charge in [-0.25, -0.2) is 0 Å². The summed E-state index contributed by atoms with van der Waals surface area (Å²) in [7, 11) is 0. The summed E-state index contributed by atoms with van der Waals surface area (Å²) in [4.78, 5) is 49.8. The van der Waals surface area contributed by atoms with Gasteiger partial charge in [0.1, 0.15) is 6.54 Å². The van der Waals surface area contributed by atoms with Crippen molar-refractivity contribution in [1.82, 2.24) is 4.90 Å². The molecule has 1 heterocycles. The predicted molar refractivity (Wildman–Crippen MR) is 102 cm³/mol. The summed E-state index contributed by atoms with van der Waals surface area (Å²) in [6.07, 6.45) is -1.12. The lowest BCUT2D eigenvalue weighted by Gasteiger charge is -2.17. The van der Waals surface area contributed by atoms with Crippen LogP contribution in [0.15, 0.2) is 42.5 Å². The second-order valence-corrected chi connectivity index (χ2v) is 6.68. The Labute approximate surface area is 166 Å². The molecule has 1 unspecified atom stereocenters. The number of hydrogen-bond acceptors (Lipinski definition) is 5. The summed E-state index contributed by atoms with van der Waals surface area (Å²) >= 11 is 6.02. The molecule has 1 atom stereocenters. The van der Waals surface area contributed by atoms with Crippen LogP contribution in [0.4, 0.5) is 5.69 Å². The number of nitrogens with one attached hydrogen (secondary N) is 1. The first-order valence-electron chi connectivity index (χ1n) is 8.50. The molecule has 1 aliphatic heterocycles. The lowest BCUT2D eigenvalue weighted by atomic mass is 10.1. The van der Waals surface area contributed by atoms with Crippen LogP contribution in [-0.2, 0) is 14.3 Å². The van der Waals surface area contributed by atoms with Gasteiger partial charge in [0.05, 0.1) is 11.1 Å². The van der Waals surface area contributed by atoms with Crippen LogP contribution in [0.5, 0.6) is 0 Å². The predicted octanol–water partition coefficient (Wildman–Crippen LogP) is 2.81. The minimum Gasteiger partial charge on any atom is -0.451 e. The molecule has 2 aromatic rings. The monoisotopic (exact) mass is 400 g/mol. The van der Waals surface area contributed by atoms with Gasteiger partial charge < -0.3 is 10.1 Å². The molecule has 2 aromatic carbocycles. The van der Waals surface area contributed by atoms with Gasteiger partial charge in [0.15, 0.2) is 6.10 Å². The number of esters is 1. The smallest absolute Gasteiger partial charge is 0.326 e. The Morgan fingerprint density at radius 1 is 1.07 bits per heavy atom. The van der Waals surface area contributed by atoms with E-state index in [-0.39, 0.29) is 11.1 Å². The maximum absolute atomic E-state index is 12.3. The quantitative estimate of drug-likeness (QED) is 0.615. The zero-order valence-corrected chi connectivity index (χ0v) is 15.9. The van der Waals surface area contributed by atoms with E-state index < -0.39 is 36.3 Å². The van der Waals surface area contributed by atoms with Crippen LogP contribution in [-0.4, -0.2) is 41.2 Å². The van der Waals surface area contributed by atoms with E-state index >= 15 is 0 Å². The minimum atomic E-state index is -1.12. The number of anilines is 1. The SMILES string of the molecule is Cc1c(Cl)cccc1NC(=O)C(C)OC(=O)CN1C(=O)c2ccccc2C1=O. The van der Waals surface area contributed by atoms with Crippen molar-refractivity contribution in [3.05, 3.63) is 64.2 Å². The molecule has 0 aliphatic carbocycles. The van der Waals surface area contributed by atoms with Gasteiger partial charge in [0, 0.05) is 10.7 Å². The van der Waals surface area contributed by atoms with Crippen molar-refractivity contribution in [2.24, 2.45) is 0 Å². The van der Waals surface area contributed by atoms with Crippen molar-refractivity contribution in [1.29, 1.82) is 0 Å². The molecule has 1 aliphatic rings. The standard InChI is InChI=1S/C20H17ClN2O5/c1-11-15(21)8-5-9-16(11)22-18(25)12(2)28-17(24)10-23-19(26)13-6-3-4-7-14(13)20(23)27/h3-9,12H,10H2,1-2H3,(H,22,25). The van der Waals surface area contributed by atoms with Crippen LogP contribution >= 0.6 is 11.6 Å². The molecular formula is C20H17ClN2O5. The number of halogens is 1. The van der Waals surface area contributed by atoms with E-state index in [0.717, 1.165) is 4.90 Å². The number of benzene rings is 2. The van der Waals surface area contributed by atoms with Gasteiger partial charge in [0.2, 0.25) is 0 Å². The average Bonchev–Trinajstić information content (AvgIpc) is 2.90. The number of amides is 3. The van der Waals surface area contributed by atoms with Crippen LogP contribution in [0.1, 0.15) is 33.2 Å². The van der Waals surface area contributed by atoms with Gasteiger partial charge in [-0.1, -0.05) is 29.8 Å². The van der Waals surface area contributed by atoms with E-state index in [2.05, 4.69) is 5.32 Å². The average molecular weight is 401 g/mol. The lowest BCUT2D eigenvalue weighted by Crippen LogP contribution is -2.38. The molecule has 3 amide bonds. The highest BCUT2D eigenvalue weighted by atomic mass is 35.5. The lowest BCUT2D eigenvalue weighted by molar-refractivity contribution is -0.153.